The fraction of sp³-hybridized carbons (Fsp3) is 0.500. The van der Waals surface area contributed by atoms with E-state index in [1.165, 1.54) is 0 Å². The van der Waals surface area contributed by atoms with Crippen LogP contribution >= 0.6 is 0 Å². The van der Waals surface area contributed by atoms with Gasteiger partial charge in [-0.1, -0.05) is 20.8 Å². The Balaban J connectivity index is 2.14. The van der Waals surface area contributed by atoms with Crippen molar-refractivity contribution in [2.75, 3.05) is 35.2 Å². The summed E-state index contributed by atoms with van der Waals surface area (Å²) in [5.41, 5.74) is 4.25. The number of fused-ring (bicyclic) bond motifs is 4. The predicted octanol–water partition coefficient (Wildman–Crippen LogP) is 4.88. The summed E-state index contributed by atoms with van der Waals surface area (Å²) in [6.07, 6.45) is 1.74. The van der Waals surface area contributed by atoms with E-state index in [-0.39, 0.29) is 12.2 Å². The van der Waals surface area contributed by atoms with Gasteiger partial charge in [0.1, 0.15) is 0 Å². The van der Waals surface area contributed by atoms with Crippen LogP contribution in [-0.4, -0.2) is 35.2 Å². The van der Waals surface area contributed by atoms with E-state index in [0.717, 1.165) is 40.8 Å². The first kappa shape index (κ1) is 20.5. The molecule has 2 aromatic rings. The normalized spacial score (nSPS) is 18.6. The lowest BCUT2D eigenvalue weighted by Crippen LogP contribution is -2.28. The summed E-state index contributed by atoms with van der Waals surface area (Å²) in [6.45, 7) is 7.09. The Morgan fingerprint density at radius 2 is 1.50 bits per heavy atom. The summed E-state index contributed by atoms with van der Waals surface area (Å²) >= 11 is 0. The Hall–Kier alpha value is -2.76. The van der Waals surface area contributed by atoms with Gasteiger partial charge in [-0.25, -0.2) is 0 Å². The fourth-order valence-electron chi connectivity index (χ4n) is 4.58. The van der Waals surface area contributed by atoms with Crippen LogP contribution in [0.3, 0.4) is 0 Å². The molecule has 4 rings (SSSR count). The quantitative estimate of drug-likeness (QED) is 0.711. The van der Waals surface area contributed by atoms with Crippen LogP contribution in [0.25, 0.3) is 11.1 Å². The second-order valence-corrected chi connectivity index (χ2v) is 8.63. The van der Waals surface area contributed by atoms with Gasteiger partial charge in [-0.2, -0.15) is 0 Å². The molecule has 0 spiro atoms. The van der Waals surface area contributed by atoms with Crippen molar-refractivity contribution < 1.29 is 28.4 Å². The van der Waals surface area contributed by atoms with E-state index in [0.29, 0.717) is 34.7 Å². The summed E-state index contributed by atoms with van der Waals surface area (Å²) in [5, 5.41) is 0. The molecule has 0 radical (unpaired) electrons. The number of hydrogen-bond donors (Lipinski definition) is 0. The van der Waals surface area contributed by atoms with Gasteiger partial charge in [-0.3, -0.25) is 0 Å². The van der Waals surface area contributed by atoms with Crippen molar-refractivity contribution in [2.24, 2.45) is 11.3 Å². The molecule has 2 aliphatic rings. The van der Waals surface area contributed by atoms with Crippen LogP contribution in [0.15, 0.2) is 12.1 Å². The van der Waals surface area contributed by atoms with Crippen molar-refractivity contribution in [3.05, 3.63) is 23.3 Å². The van der Waals surface area contributed by atoms with Crippen LogP contribution in [0.5, 0.6) is 34.5 Å². The molecular weight excluding hydrogens is 384 g/mol. The van der Waals surface area contributed by atoms with Gasteiger partial charge >= 0.3 is 0 Å². The number of ether oxygens (including phenoxy) is 6. The second kappa shape index (κ2) is 7.49. The summed E-state index contributed by atoms with van der Waals surface area (Å²) in [7, 11) is 6.59. The molecule has 0 bridgehead atoms. The van der Waals surface area contributed by atoms with Crippen molar-refractivity contribution in [3.8, 4) is 45.6 Å². The Labute approximate surface area is 178 Å². The van der Waals surface area contributed by atoms with E-state index in [1.54, 1.807) is 28.4 Å². The summed E-state index contributed by atoms with van der Waals surface area (Å²) < 4.78 is 34.6. The summed E-state index contributed by atoms with van der Waals surface area (Å²) in [6, 6.07) is 4.14. The van der Waals surface area contributed by atoms with Crippen LogP contribution in [0.2, 0.25) is 0 Å². The highest BCUT2D eigenvalue weighted by Crippen LogP contribution is 2.57. The van der Waals surface area contributed by atoms with Gasteiger partial charge < -0.3 is 28.4 Å². The molecule has 0 unspecified atom stereocenters. The molecule has 30 heavy (non-hydrogen) atoms. The average Bonchev–Trinajstić information content (AvgIpc) is 3.19. The SMILES string of the molecule is COc1cc2c(c(OC)c1OC)-c1c(cc3c(c1OC)OCO3)C[C@H](C)C(C)(C)C2. The van der Waals surface area contributed by atoms with E-state index < -0.39 is 0 Å². The molecule has 0 aromatic heterocycles. The van der Waals surface area contributed by atoms with Gasteiger partial charge in [0.05, 0.1) is 28.4 Å². The molecule has 0 N–H and O–H groups in total. The van der Waals surface area contributed by atoms with Crippen LogP contribution in [-0.2, 0) is 12.8 Å². The summed E-state index contributed by atoms with van der Waals surface area (Å²) in [4.78, 5) is 0. The van der Waals surface area contributed by atoms with Crippen molar-refractivity contribution in [1.29, 1.82) is 0 Å². The molecule has 0 saturated carbocycles. The van der Waals surface area contributed by atoms with Gasteiger partial charge in [0.15, 0.2) is 23.0 Å². The number of benzene rings is 2. The molecule has 0 saturated heterocycles. The maximum Gasteiger partial charge on any atom is 0.231 e. The number of rotatable bonds is 4. The Kier molecular flexibility index (Phi) is 5.12. The maximum absolute atomic E-state index is 5.91. The van der Waals surface area contributed by atoms with Gasteiger partial charge in [0.25, 0.3) is 0 Å². The van der Waals surface area contributed by atoms with Crippen LogP contribution in [0, 0.1) is 11.3 Å². The third kappa shape index (κ3) is 3.01. The standard InChI is InChI=1S/C24H30O6/c1-13-8-14-9-17-21(30-12-29-17)23(28-7)18(14)19-15(11-24(13,2)3)10-16(25-4)20(26-5)22(19)27-6/h9-10,13H,8,11-12H2,1-7H3/t13-/m0/s1. The van der Waals surface area contributed by atoms with Crippen LogP contribution in [0.4, 0.5) is 0 Å². The van der Waals surface area contributed by atoms with Gasteiger partial charge in [-0.05, 0) is 47.4 Å². The van der Waals surface area contributed by atoms with E-state index >= 15 is 0 Å². The largest absolute Gasteiger partial charge is 0.493 e. The van der Waals surface area contributed by atoms with Crippen molar-refractivity contribution in [1.82, 2.24) is 0 Å². The van der Waals surface area contributed by atoms with Crippen LogP contribution in [0.1, 0.15) is 31.9 Å². The van der Waals surface area contributed by atoms with Crippen molar-refractivity contribution >= 4 is 0 Å². The molecule has 0 fully saturated rings. The monoisotopic (exact) mass is 414 g/mol. The third-order valence-corrected chi connectivity index (χ3v) is 6.57. The lowest BCUT2D eigenvalue weighted by atomic mass is 9.69. The molecule has 2 aromatic carbocycles. The molecule has 6 heteroatoms. The molecule has 0 amide bonds. The van der Waals surface area contributed by atoms with Gasteiger partial charge in [0, 0.05) is 11.1 Å². The number of hydrogen-bond acceptors (Lipinski definition) is 6. The molecule has 6 nitrogen and oxygen atoms in total. The zero-order valence-electron chi connectivity index (χ0n) is 18.8. The Bertz CT molecular complexity index is 979. The predicted molar refractivity (Wildman–Crippen MR) is 115 cm³/mol. The first-order chi connectivity index (χ1) is 14.4. The van der Waals surface area contributed by atoms with Crippen molar-refractivity contribution in [3.63, 3.8) is 0 Å². The third-order valence-electron chi connectivity index (χ3n) is 6.57. The van der Waals surface area contributed by atoms with E-state index in [1.807, 2.05) is 0 Å². The van der Waals surface area contributed by atoms with E-state index in [2.05, 4.69) is 32.9 Å². The molecule has 1 heterocycles. The van der Waals surface area contributed by atoms with Gasteiger partial charge in [0.2, 0.25) is 18.3 Å². The zero-order chi connectivity index (χ0) is 21.6. The molecular formula is C24H30O6. The van der Waals surface area contributed by atoms with Crippen LogP contribution < -0.4 is 28.4 Å². The second-order valence-electron chi connectivity index (χ2n) is 8.63. The Morgan fingerprint density at radius 1 is 0.833 bits per heavy atom. The number of methoxy groups -OCH3 is 4. The fourth-order valence-corrected chi connectivity index (χ4v) is 4.58. The topological polar surface area (TPSA) is 55.4 Å². The maximum atomic E-state index is 5.91. The first-order valence-electron chi connectivity index (χ1n) is 10.2. The highest BCUT2D eigenvalue weighted by atomic mass is 16.7. The summed E-state index contributed by atoms with van der Waals surface area (Å²) in [5.74, 6) is 4.29. The minimum atomic E-state index is 0.0562. The minimum Gasteiger partial charge on any atom is -0.493 e. The van der Waals surface area contributed by atoms with Gasteiger partial charge in [-0.15, -0.1) is 0 Å². The average molecular weight is 414 g/mol. The highest BCUT2D eigenvalue weighted by Gasteiger charge is 2.37. The Morgan fingerprint density at radius 3 is 2.13 bits per heavy atom. The molecule has 1 aliphatic heterocycles. The zero-order valence-corrected chi connectivity index (χ0v) is 18.8. The molecule has 162 valence electrons. The lowest BCUT2D eigenvalue weighted by molar-refractivity contribution is 0.171. The van der Waals surface area contributed by atoms with Crippen molar-refractivity contribution in [2.45, 2.75) is 33.6 Å². The minimum absolute atomic E-state index is 0.0562. The smallest absolute Gasteiger partial charge is 0.231 e. The molecule has 1 aliphatic carbocycles. The first-order valence-corrected chi connectivity index (χ1v) is 10.2. The molecule has 1 atom stereocenters. The van der Waals surface area contributed by atoms with E-state index in [4.69, 9.17) is 28.4 Å². The highest BCUT2D eigenvalue weighted by molar-refractivity contribution is 5.88. The van der Waals surface area contributed by atoms with E-state index in [9.17, 15) is 0 Å². The lowest BCUT2D eigenvalue weighted by Gasteiger charge is -2.37.